The second-order valence-corrected chi connectivity index (χ2v) is 10.0. The Morgan fingerprint density at radius 3 is 2.53 bits per heavy atom. The minimum Gasteiger partial charge on any atom is -0.493 e. The van der Waals surface area contributed by atoms with E-state index in [-0.39, 0.29) is 11.5 Å². The van der Waals surface area contributed by atoms with Crippen LogP contribution in [0.1, 0.15) is 37.7 Å². The average molecular weight is 517 g/mol. The molecule has 7 nitrogen and oxygen atoms in total. The van der Waals surface area contributed by atoms with Crippen LogP contribution in [0.5, 0.6) is 17.2 Å². The summed E-state index contributed by atoms with van der Waals surface area (Å²) in [5.41, 5.74) is 0.885. The van der Waals surface area contributed by atoms with E-state index in [0.29, 0.717) is 24.7 Å². The summed E-state index contributed by atoms with van der Waals surface area (Å²) in [6.07, 6.45) is 4.24. The van der Waals surface area contributed by atoms with Gasteiger partial charge in [0, 0.05) is 51.3 Å². The highest BCUT2D eigenvalue weighted by molar-refractivity contribution is 6.30. The number of hydrogen-bond acceptors (Lipinski definition) is 6. The first-order valence-electron chi connectivity index (χ1n) is 12.7. The third-order valence-corrected chi connectivity index (χ3v) is 7.37. The summed E-state index contributed by atoms with van der Waals surface area (Å²) >= 11 is 6.08. The topological polar surface area (TPSA) is 60.5 Å². The molecule has 0 N–H and O–H groups in total. The van der Waals surface area contributed by atoms with Crippen LogP contribution in [0.25, 0.3) is 0 Å². The van der Waals surface area contributed by atoms with Gasteiger partial charge in [0.15, 0.2) is 11.5 Å². The van der Waals surface area contributed by atoms with Gasteiger partial charge in [0.2, 0.25) is 5.91 Å². The SMILES string of the molecule is COc1cc(CN2CCC(COc3cccc(Cl)c3)(OC)CC2)ccc1OCCCN1CCCC1=O. The lowest BCUT2D eigenvalue weighted by molar-refractivity contribution is -0.127. The highest BCUT2D eigenvalue weighted by atomic mass is 35.5. The summed E-state index contributed by atoms with van der Waals surface area (Å²) in [6, 6.07) is 13.6. The molecule has 0 atom stereocenters. The molecule has 0 bridgehead atoms. The number of rotatable bonds is 12. The molecule has 2 aromatic rings. The Balaban J connectivity index is 1.24. The third kappa shape index (κ3) is 7.05. The Bertz CT molecular complexity index is 1010. The van der Waals surface area contributed by atoms with Gasteiger partial charge in [0.1, 0.15) is 18.0 Å². The standard InChI is InChI=1S/C28H37ClN2O5/c1-33-26-18-22(9-10-25(26)35-17-5-14-31-13-4-8-27(31)32)20-30-15-11-28(34-2,12-16-30)21-36-24-7-3-6-23(29)19-24/h3,6-7,9-10,18-19H,4-5,8,11-17,20-21H2,1-2H3. The summed E-state index contributed by atoms with van der Waals surface area (Å²) in [5, 5.41) is 0.666. The number of methoxy groups -OCH3 is 2. The predicted octanol–water partition coefficient (Wildman–Crippen LogP) is 4.80. The van der Waals surface area contributed by atoms with Gasteiger partial charge in [-0.1, -0.05) is 23.7 Å². The van der Waals surface area contributed by atoms with Crippen LogP contribution >= 0.6 is 11.6 Å². The van der Waals surface area contributed by atoms with Crippen LogP contribution in [0.3, 0.4) is 0 Å². The van der Waals surface area contributed by atoms with Crippen LogP contribution in [-0.4, -0.2) is 74.9 Å². The van der Waals surface area contributed by atoms with Gasteiger partial charge in [0.05, 0.1) is 13.7 Å². The quantitative estimate of drug-likeness (QED) is 0.378. The zero-order valence-electron chi connectivity index (χ0n) is 21.3. The van der Waals surface area contributed by atoms with Gasteiger partial charge in [-0.05, 0) is 61.6 Å². The molecule has 2 fully saturated rings. The first-order valence-corrected chi connectivity index (χ1v) is 13.1. The van der Waals surface area contributed by atoms with Gasteiger partial charge in [-0.3, -0.25) is 9.69 Å². The smallest absolute Gasteiger partial charge is 0.222 e. The monoisotopic (exact) mass is 516 g/mol. The van der Waals surface area contributed by atoms with Crippen molar-refractivity contribution in [2.24, 2.45) is 0 Å². The Labute approximate surface area is 219 Å². The second-order valence-electron chi connectivity index (χ2n) is 9.58. The van der Waals surface area contributed by atoms with Gasteiger partial charge in [-0.25, -0.2) is 0 Å². The zero-order valence-corrected chi connectivity index (χ0v) is 22.1. The fourth-order valence-corrected chi connectivity index (χ4v) is 5.04. The van der Waals surface area contributed by atoms with Gasteiger partial charge in [-0.2, -0.15) is 0 Å². The molecule has 2 aliphatic rings. The molecule has 4 rings (SSSR count). The van der Waals surface area contributed by atoms with Crippen LogP contribution in [0.4, 0.5) is 0 Å². The number of nitrogens with zero attached hydrogens (tertiary/aromatic N) is 2. The number of likely N-dealkylation sites (tertiary alicyclic amines) is 2. The van der Waals surface area contributed by atoms with E-state index in [0.717, 1.165) is 75.7 Å². The Kier molecular flexibility index (Phi) is 9.35. The van der Waals surface area contributed by atoms with E-state index in [1.165, 1.54) is 5.56 Å². The zero-order chi connectivity index (χ0) is 25.4. The lowest BCUT2D eigenvalue weighted by Gasteiger charge is -2.40. The van der Waals surface area contributed by atoms with Crippen molar-refractivity contribution >= 4 is 17.5 Å². The van der Waals surface area contributed by atoms with Gasteiger partial charge < -0.3 is 23.8 Å². The molecule has 2 aliphatic heterocycles. The molecule has 0 spiro atoms. The second kappa shape index (κ2) is 12.7. The molecular formula is C28H37ClN2O5. The molecule has 0 aliphatic carbocycles. The van der Waals surface area contributed by atoms with E-state index in [1.54, 1.807) is 14.2 Å². The van der Waals surface area contributed by atoms with Crippen molar-refractivity contribution in [2.75, 3.05) is 53.6 Å². The van der Waals surface area contributed by atoms with Crippen molar-refractivity contribution < 1.29 is 23.7 Å². The summed E-state index contributed by atoms with van der Waals surface area (Å²) < 4.78 is 23.5. The maximum atomic E-state index is 11.7. The largest absolute Gasteiger partial charge is 0.493 e. The third-order valence-electron chi connectivity index (χ3n) is 7.13. The molecule has 196 valence electrons. The summed E-state index contributed by atoms with van der Waals surface area (Å²) in [6.45, 7) is 5.36. The number of piperidine rings is 1. The van der Waals surface area contributed by atoms with Gasteiger partial charge in [-0.15, -0.1) is 0 Å². The molecule has 36 heavy (non-hydrogen) atoms. The molecule has 0 unspecified atom stereocenters. The number of benzene rings is 2. The normalized spacial score (nSPS) is 17.9. The number of carbonyl (C=O) groups excluding carboxylic acids is 1. The number of amides is 1. The molecule has 0 radical (unpaired) electrons. The van der Waals surface area contributed by atoms with E-state index in [2.05, 4.69) is 17.0 Å². The number of halogens is 1. The molecule has 0 saturated carbocycles. The molecule has 8 heteroatoms. The Hall–Kier alpha value is -2.48. The lowest BCUT2D eigenvalue weighted by Crippen LogP contribution is -2.48. The first kappa shape index (κ1) is 26.6. The molecule has 2 heterocycles. The average Bonchev–Trinajstić information content (AvgIpc) is 3.31. The van der Waals surface area contributed by atoms with Crippen LogP contribution in [-0.2, 0) is 16.1 Å². The first-order chi connectivity index (χ1) is 17.5. The Morgan fingerprint density at radius 2 is 1.83 bits per heavy atom. The maximum absolute atomic E-state index is 11.7. The fourth-order valence-electron chi connectivity index (χ4n) is 4.86. The summed E-state index contributed by atoms with van der Waals surface area (Å²) in [5.74, 6) is 2.50. The van der Waals surface area contributed by atoms with Crippen LogP contribution < -0.4 is 14.2 Å². The van der Waals surface area contributed by atoms with E-state index in [1.807, 2.05) is 35.2 Å². The van der Waals surface area contributed by atoms with E-state index >= 15 is 0 Å². The minimum atomic E-state index is -0.298. The molecule has 2 aromatic carbocycles. The van der Waals surface area contributed by atoms with Crippen molar-refractivity contribution in [3.8, 4) is 17.2 Å². The van der Waals surface area contributed by atoms with Gasteiger partial charge >= 0.3 is 0 Å². The number of ether oxygens (including phenoxy) is 4. The molecule has 1 amide bonds. The van der Waals surface area contributed by atoms with Crippen LogP contribution in [0.2, 0.25) is 5.02 Å². The molecule has 2 saturated heterocycles. The van der Waals surface area contributed by atoms with Crippen molar-refractivity contribution in [1.29, 1.82) is 0 Å². The highest BCUT2D eigenvalue weighted by Crippen LogP contribution is 2.31. The Morgan fingerprint density at radius 1 is 1.00 bits per heavy atom. The predicted molar refractivity (Wildman–Crippen MR) is 140 cm³/mol. The van der Waals surface area contributed by atoms with Crippen LogP contribution in [0, 0.1) is 0 Å². The van der Waals surface area contributed by atoms with E-state index in [4.69, 9.17) is 30.5 Å². The van der Waals surface area contributed by atoms with Crippen LogP contribution in [0.15, 0.2) is 42.5 Å². The van der Waals surface area contributed by atoms with Crippen molar-refractivity contribution in [3.05, 3.63) is 53.1 Å². The number of carbonyl (C=O) groups is 1. The molecule has 0 aromatic heterocycles. The highest BCUT2D eigenvalue weighted by Gasteiger charge is 2.35. The maximum Gasteiger partial charge on any atom is 0.222 e. The van der Waals surface area contributed by atoms with Crippen molar-refractivity contribution in [1.82, 2.24) is 9.80 Å². The van der Waals surface area contributed by atoms with Gasteiger partial charge in [0.25, 0.3) is 0 Å². The molecular weight excluding hydrogens is 480 g/mol. The number of hydrogen-bond donors (Lipinski definition) is 0. The van der Waals surface area contributed by atoms with Crippen molar-refractivity contribution in [2.45, 2.75) is 44.2 Å². The minimum absolute atomic E-state index is 0.256. The van der Waals surface area contributed by atoms with Crippen molar-refractivity contribution in [3.63, 3.8) is 0 Å². The fraction of sp³-hybridized carbons (Fsp3) is 0.536. The lowest BCUT2D eigenvalue weighted by atomic mass is 9.91. The van der Waals surface area contributed by atoms with E-state index in [9.17, 15) is 4.79 Å². The summed E-state index contributed by atoms with van der Waals surface area (Å²) in [4.78, 5) is 16.1. The van der Waals surface area contributed by atoms with E-state index < -0.39 is 0 Å². The summed E-state index contributed by atoms with van der Waals surface area (Å²) in [7, 11) is 3.44.